The van der Waals surface area contributed by atoms with Gasteiger partial charge in [-0.1, -0.05) is 0 Å². The first-order valence-electron chi connectivity index (χ1n) is 7.14. The van der Waals surface area contributed by atoms with Gasteiger partial charge in [0.1, 0.15) is 0 Å². The van der Waals surface area contributed by atoms with Crippen molar-refractivity contribution in [3.05, 3.63) is 12.4 Å². The molecular formula is C13H21N5O3S. The molecule has 1 aliphatic rings. The molecule has 0 aliphatic carbocycles. The number of aromatic nitrogens is 2. The highest BCUT2D eigenvalue weighted by Crippen LogP contribution is 2.16. The van der Waals surface area contributed by atoms with E-state index in [0.717, 1.165) is 36.5 Å². The Morgan fingerprint density at radius 1 is 1.27 bits per heavy atom. The van der Waals surface area contributed by atoms with Crippen molar-refractivity contribution in [3.63, 3.8) is 0 Å². The molecule has 1 aliphatic heterocycles. The first kappa shape index (κ1) is 16.6. The van der Waals surface area contributed by atoms with Gasteiger partial charge in [0, 0.05) is 20.1 Å². The van der Waals surface area contributed by atoms with Crippen molar-refractivity contribution in [2.24, 2.45) is 0 Å². The summed E-state index contributed by atoms with van der Waals surface area (Å²) in [4.78, 5) is 22.4. The van der Waals surface area contributed by atoms with Crippen molar-refractivity contribution < 1.29 is 13.2 Å². The van der Waals surface area contributed by atoms with Crippen molar-refractivity contribution in [3.8, 4) is 0 Å². The highest BCUT2D eigenvalue weighted by molar-refractivity contribution is 7.88. The number of nitrogens with zero attached hydrogens (tertiary/aromatic N) is 4. The van der Waals surface area contributed by atoms with E-state index in [-0.39, 0.29) is 6.54 Å². The summed E-state index contributed by atoms with van der Waals surface area (Å²) in [5.41, 5.74) is 0.452. The van der Waals surface area contributed by atoms with Crippen LogP contribution < -0.4 is 10.2 Å². The average molecular weight is 327 g/mol. The molecule has 2 heterocycles. The molecule has 2 rings (SSSR count). The summed E-state index contributed by atoms with van der Waals surface area (Å²) in [6, 6.07) is 0. The number of likely N-dealkylation sites (N-methyl/N-ethyl adjacent to an activating group) is 1. The molecule has 0 atom stereocenters. The Balaban J connectivity index is 1.92. The maximum absolute atomic E-state index is 11.8. The lowest BCUT2D eigenvalue weighted by Crippen LogP contribution is -2.34. The summed E-state index contributed by atoms with van der Waals surface area (Å²) >= 11 is 0. The third-order valence-corrected chi connectivity index (χ3v) is 4.75. The molecule has 1 saturated heterocycles. The number of carbonyl (C=O) groups is 1. The van der Waals surface area contributed by atoms with Gasteiger partial charge >= 0.3 is 0 Å². The molecule has 0 radical (unpaired) electrons. The van der Waals surface area contributed by atoms with Crippen LogP contribution in [0, 0.1) is 0 Å². The standard InChI is InChI=1S/C13H21N5O3S/c1-17(22(2,20)21)10-12(19)16-11-8-14-13(15-9-11)18-6-4-3-5-7-18/h8-9H,3-7,10H2,1-2H3,(H,16,19). The molecule has 1 fully saturated rings. The largest absolute Gasteiger partial charge is 0.341 e. The number of piperidine rings is 1. The van der Waals surface area contributed by atoms with E-state index >= 15 is 0 Å². The SMILES string of the molecule is CN(CC(=O)Nc1cnc(N2CCCCC2)nc1)S(C)(=O)=O. The number of hydrogen-bond donors (Lipinski definition) is 1. The van der Waals surface area contributed by atoms with E-state index in [9.17, 15) is 13.2 Å². The highest BCUT2D eigenvalue weighted by atomic mass is 32.2. The molecule has 1 N–H and O–H groups in total. The Labute approximate surface area is 130 Å². The Hall–Kier alpha value is -1.74. The van der Waals surface area contributed by atoms with Crippen molar-refractivity contribution >= 4 is 27.6 Å². The van der Waals surface area contributed by atoms with Gasteiger partial charge in [-0.3, -0.25) is 4.79 Å². The third kappa shape index (κ3) is 4.63. The Kier molecular flexibility index (Phi) is 5.30. The fourth-order valence-corrected chi connectivity index (χ4v) is 2.51. The van der Waals surface area contributed by atoms with Crippen LogP contribution in [0.15, 0.2) is 12.4 Å². The van der Waals surface area contributed by atoms with E-state index < -0.39 is 15.9 Å². The van der Waals surface area contributed by atoms with Crippen LogP contribution in [-0.2, 0) is 14.8 Å². The van der Waals surface area contributed by atoms with E-state index in [0.29, 0.717) is 11.6 Å². The highest BCUT2D eigenvalue weighted by Gasteiger charge is 2.16. The molecule has 1 aromatic rings. The molecule has 9 heteroatoms. The first-order valence-corrected chi connectivity index (χ1v) is 8.99. The van der Waals surface area contributed by atoms with Crippen LogP contribution in [-0.4, -0.2) is 61.5 Å². The number of carbonyl (C=O) groups excluding carboxylic acids is 1. The predicted octanol–water partition coefficient (Wildman–Crippen LogP) is 0.297. The summed E-state index contributed by atoms with van der Waals surface area (Å²) < 4.78 is 23.5. The monoisotopic (exact) mass is 327 g/mol. The maximum Gasteiger partial charge on any atom is 0.239 e. The van der Waals surface area contributed by atoms with Crippen LogP contribution in [0.1, 0.15) is 19.3 Å². The van der Waals surface area contributed by atoms with E-state index in [1.54, 1.807) is 0 Å². The van der Waals surface area contributed by atoms with Gasteiger partial charge in [-0.25, -0.2) is 18.4 Å². The summed E-state index contributed by atoms with van der Waals surface area (Å²) in [5.74, 6) is 0.230. The second-order valence-electron chi connectivity index (χ2n) is 5.39. The minimum absolute atomic E-state index is 0.243. The average Bonchev–Trinajstić information content (AvgIpc) is 2.48. The molecule has 122 valence electrons. The van der Waals surface area contributed by atoms with Crippen LogP contribution in [0.3, 0.4) is 0 Å². The quantitative estimate of drug-likeness (QED) is 0.835. The van der Waals surface area contributed by atoms with Crippen molar-refractivity contribution in [2.45, 2.75) is 19.3 Å². The number of sulfonamides is 1. The second kappa shape index (κ2) is 7.01. The zero-order chi connectivity index (χ0) is 16.2. The lowest BCUT2D eigenvalue weighted by molar-refractivity contribution is -0.116. The second-order valence-corrected chi connectivity index (χ2v) is 7.48. The Bertz CT molecular complexity index is 611. The van der Waals surface area contributed by atoms with E-state index in [4.69, 9.17) is 0 Å². The molecule has 0 saturated carbocycles. The summed E-state index contributed by atoms with van der Waals surface area (Å²) in [5, 5.41) is 2.59. The fourth-order valence-electron chi connectivity index (χ4n) is 2.16. The van der Waals surface area contributed by atoms with Crippen LogP contribution >= 0.6 is 0 Å². The lowest BCUT2D eigenvalue weighted by atomic mass is 10.1. The van der Waals surface area contributed by atoms with E-state index in [1.165, 1.54) is 25.9 Å². The van der Waals surface area contributed by atoms with E-state index in [1.807, 2.05) is 0 Å². The third-order valence-electron chi connectivity index (χ3n) is 3.49. The molecule has 22 heavy (non-hydrogen) atoms. The zero-order valence-electron chi connectivity index (χ0n) is 12.8. The van der Waals surface area contributed by atoms with Gasteiger partial charge in [-0.2, -0.15) is 4.31 Å². The Morgan fingerprint density at radius 3 is 2.41 bits per heavy atom. The van der Waals surface area contributed by atoms with Gasteiger partial charge in [0.25, 0.3) is 0 Å². The molecule has 1 aromatic heterocycles. The topological polar surface area (TPSA) is 95.5 Å². The van der Waals surface area contributed by atoms with Gasteiger partial charge in [0.15, 0.2) is 0 Å². The predicted molar refractivity (Wildman–Crippen MR) is 84.2 cm³/mol. The fraction of sp³-hybridized carbons (Fsp3) is 0.615. The van der Waals surface area contributed by atoms with E-state index in [2.05, 4.69) is 20.2 Å². The zero-order valence-corrected chi connectivity index (χ0v) is 13.6. The van der Waals surface area contributed by atoms with Gasteiger partial charge < -0.3 is 10.2 Å². The minimum Gasteiger partial charge on any atom is -0.341 e. The van der Waals surface area contributed by atoms with Crippen molar-refractivity contribution in [1.82, 2.24) is 14.3 Å². The molecule has 0 unspecified atom stereocenters. The van der Waals surface area contributed by atoms with Crippen molar-refractivity contribution in [2.75, 3.05) is 43.2 Å². The van der Waals surface area contributed by atoms with Gasteiger partial charge in [-0.05, 0) is 19.3 Å². The molecular weight excluding hydrogens is 306 g/mol. The summed E-state index contributed by atoms with van der Waals surface area (Å²) in [7, 11) is -2.02. The van der Waals surface area contributed by atoms with Crippen molar-refractivity contribution in [1.29, 1.82) is 0 Å². The van der Waals surface area contributed by atoms with Crippen LogP contribution in [0.5, 0.6) is 0 Å². The molecule has 0 aromatic carbocycles. The molecule has 0 bridgehead atoms. The van der Waals surface area contributed by atoms with Crippen LogP contribution in [0.25, 0.3) is 0 Å². The number of rotatable bonds is 5. The van der Waals surface area contributed by atoms with Crippen LogP contribution in [0.2, 0.25) is 0 Å². The lowest BCUT2D eigenvalue weighted by Gasteiger charge is -2.26. The minimum atomic E-state index is -3.38. The summed E-state index contributed by atoms with van der Waals surface area (Å²) in [6.07, 6.45) is 7.64. The molecule has 1 amide bonds. The summed E-state index contributed by atoms with van der Waals surface area (Å²) in [6.45, 7) is 1.66. The number of hydrogen-bond acceptors (Lipinski definition) is 6. The number of amides is 1. The van der Waals surface area contributed by atoms with Gasteiger partial charge in [0.05, 0.1) is 30.9 Å². The van der Waals surface area contributed by atoms with Gasteiger partial charge in [0.2, 0.25) is 21.9 Å². The smallest absolute Gasteiger partial charge is 0.239 e. The first-order chi connectivity index (χ1) is 10.4. The molecule has 0 spiro atoms. The Morgan fingerprint density at radius 2 is 1.86 bits per heavy atom. The molecule has 8 nitrogen and oxygen atoms in total. The normalized spacial score (nSPS) is 15.9. The van der Waals surface area contributed by atoms with Gasteiger partial charge in [-0.15, -0.1) is 0 Å². The number of anilines is 2. The van der Waals surface area contributed by atoms with Crippen LogP contribution in [0.4, 0.5) is 11.6 Å². The number of nitrogens with one attached hydrogen (secondary N) is 1. The maximum atomic E-state index is 11.8.